The van der Waals surface area contributed by atoms with Gasteiger partial charge in [-0.2, -0.15) is 0 Å². The Balaban J connectivity index is 2.14. The van der Waals surface area contributed by atoms with Crippen molar-refractivity contribution in [3.8, 4) is 0 Å². The summed E-state index contributed by atoms with van der Waals surface area (Å²) in [5.41, 5.74) is 1.88. The van der Waals surface area contributed by atoms with Gasteiger partial charge in [-0.1, -0.05) is 24.3 Å². The van der Waals surface area contributed by atoms with Gasteiger partial charge in [-0.15, -0.1) is 0 Å². The molecule has 1 aliphatic rings. The molecule has 0 saturated carbocycles. The van der Waals surface area contributed by atoms with E-state index < -0.39 is 11.9 Å². The topological polar surface area (TPSA) is 49.8 Å². The van der Waals surface area contributed by atoms with Crippen LogP contribution in [-0.2, 0) is 9.53 Å². The molecule has 0 amide bonds. The second-order valence-corrected chi connectivity index (χ2v) is 4.83. The first-order valence-electron chi connectivity index (χ1n) is 5.42. The monoisotopic (exact) mass is 220 g/mol. The Morgan fingerprint density at radius 2 is 1.88 bits per heavy atom. The molecular formula is C13H16O3. The van der Waals surface area contributed by atoms with Gasteiger partial charge in [0.2, 0.25) is 0 Å². The molecular weight excluding hydrogens is 204 g/mol. The van der Waals surface area contributed by atoms with E-state index in [1.165, 1.54) is 0 Å². The fraction of sp³-hybridized carbons (Fsp3) is 0.462. The van der Waals surface area contributed by atoms with E-state index in [4.69, 9.17) is 9.84 Å². The highest BCUT2D eigenvalue weighted by molar-refractivity contribution is 5.75. The Labute approximate surface area is 95.0 Å². The summed E-state index contributed by atoms with van der Waals surface area (Å²) in [5.74, 6) is -1.25. The first kappa shape index (κ1) is 11.1. The number of hydrogen-bond donors (Lipinski definition) is 1. The molecule has 1 aliphatic heterocycles. The summed E-state index contributed by atoms with van der Waals surface area (Å²) in [6.07, 6.45) is 0.154. The molecule has 1 saturated heterocycles. The summed E-state index contributed by atoms with van der Waals surface area (Å²) in [4.78, 5) is 10.8. The molecule has 0 aromatic heterocycles. The highest BCUT2D eigenvalue weighted by atomic mass is 16.6. The minimum atomic E-state index is -0.796. The molecule has 2 unspecified atom stereocenters. The van der Waals surface area contributed by atoms with Crippen molar-refractivity contribution in [2.75, 3.05) is 0 Å². The van der Waals surface area contributed by atoms with Gasteiger partial charge in [-0.3, -0.25) is 4.79 Å². The molecule has 2 rings (SSSR count). The lowest BCUT2D eigenvalue weighted by Crippen LogP contribution is -2.07. The number of carbonyl (C=O) groups is 1. The number of carboxylic acids is 1. The molecule has 0 radical (unpaired) electrons. The van der Waals surface area contributed by atoms with E-state index in [1.54, 1.807) is 6.92 Å². The van der Waals surface area contributed by atoms with Crippen LogP contribution in [0.15, 0.2) is 24.3 Å². The van der Waals surface area contributed by atoms with Crippen LogP contribution < -0.4 is 0 Å². The van der Waals surface area contributed by atoms with Crippen LogP contribution in [0.4, 0.5) is 0 Å². The molecule has 86 valence electrons. The molecule has 2 atom stereocenters. The number of aliphatic carboxylic acids is 1. The zero-order valence-electron chi connectivity index (χ0n) is 9.73. The number of ether oxygens (including phenoxy) is 1. The van der Waals surface area contributed by atoms with E-state index in [0.29, 0.717) is 0 Å². The molecule has 1 aromatic carbocycles. The molecule has 1 fully saturated rings. The van der Waals surface area contributed by atoms with Gasteiger partial charge in [-0.05, 0) is 31.9 Å². The quantitative estimate of drug-likeness (QED) is 0.797. The fourth-order valence-corrected chi connectivity index (χ4v) is 1.84. The standard InChI is InChI=1S/C13H16O3/c1-8(12(14)15)9-4-6-10(7-5-9)11-13(2,3)16-11/h4-8,11H,1-3H3,(H,14,15). The lowest BCUT2D eigenvalue weighted by molar-refractivity contribution is -0.138. The first-order valence-corrected chi connectivity index (χ1v) is 5.42. The fourth-order valence-electron chi connectivity index (χ4n) is 1.84. The van der Waals surface area contributed by atoms with Gasteiger partial charge in [-0.25, -0.2) is 0 Å². The van der Waals surface area contributed by atoms with E-state index in [-0.39, 0.29) is 11.7 Å². The molecule has 3 nitrogen and oxygen atoms in total. The Morgan fingerprint density at radius 3 is 2.25 bits per heavy atom. The number of carboxylic acid groups (broad SMARTS) is 1. The summed E-state index contributed by atoms with van der Waals surface area (Å²) in [6.45, 7) is 5.78. The lowest BCUT2D eigenvalue weighted by Gasteiger charge is -2.07. The van der Waals surface area contributed by atoms with Crippen LogP contribution in [0, 0.1) is 0 Å². The van der Waals surface area contributed by atoms with E-state index in [0.717, 1.165) is 11.1 Å². The Hall–Kier alpha value is -1.35. The third kappa shape index (κ3) is 1.95. The average Bonchev–Trinajstić information content (AvgIpc) is 2.87. The molecule has 3 heteroatoms. The molecule has 1 aromatic rings. The van der Waals surface area contributed by atoms with Gasteiger partial charge < -0.3 is 9.84 Å². The lowest BCUT2D eigenvalue weighted by atomic mass is 9.97. The van der Waals surface area contributed by atoms with Crippen molar-refractivity contribution < 1.29 is 14.6 Å². The molecule has 1 heterocycles. The number of hydrogen-bond acceptors (Lipinski definition) is 2. The Kier molecular flexibility index (Phi) is 2.50. The van der Waals surface area contributed by atoms with Crippen LogP contribution in [0.25, 0.3) is 0 Å². The first-order chi connectivity index (χ1) is 7.42. The zero-order valence-corrected chi connectivity index (χ0v) is 9.73. The smallest absolute Gasteiger partial charge is 0.310 e. The maximum absolute atomic E-state index is 10.8. The molecule has 0 bridgehead atoms. The van der Waals surface area contributed by atoms with Crippen molar-refractivity contribution in [2.45, 2.75) is 38.4 Å². The predicted octanol–water partition coefficient (Wildman–Crippen LogP) is 2.72. The maximum atomic E-state index is 10.8. The van der Waals surface area contributed by atoms with Crippen molar-refractivity contribution in [3.63, 3.8) is 0 Å². The molecule has 0 spiro atoms. The van der Waals surface area contributed by atoms with Gasteiger partial charge in [0.15, 0.2) is 0 Å². The second-order valence-electron chi connectivity index (χ2n) is 4.83. The summed E-state index contributed by atoms with van der Waals surface area (Å²) in [7, 11) is 0. The summed E-state index contributed by atoms with van der Waals surface area (Å²) in [5, 5.41) is 8.88. The SMILES string of the molecule is CC(C(=O)O)c1ccc(C2OC2(C)C)cc1. The average molecular weight is 220 g/mol. The predicted molar refractivity (Wildman–Crippen MR) is 60.4 cm³/mol. The van der Waals surface area contributed by atoms with E-state index >= 15 is 0 Å². The summed E-state index contributed by atoms with van der Waals surface area (Å²) >= 11 is 0. The zero-order chi connectivity index (χ0) is 11.9. The number of rotatable bonds is 3. The highest BCUT2D eigenvalue weighted by Gasteiger charge is 2.48. The van der Waals surface area contributed by atoms with Gasteiger partial charge >= 0.3 is 5.97 Å². The van der Waals surface area contributed by atoms with E-state index in [9.17, 15) is 4.79 Å². The normalized spacial score (nSPS) is 23.8. The van der Waals surface area contributed by atoms with Gasteiger partial charge in [0, 0.05) is 0 Å². The molecule has 0 aliphatic carbocycles. The minimum absolute atomic E-state index is 0.0695. The minimum Gasteiger partial charge on any atom is -0.481 e. The van der Waals surface area contributed by atoms with Crippen molar-refractivity contribution in [2.24, 2.45) is 0 Å². The van der Waals surface area contributed by atoms with Crippen molar-refractivity contribution in [3.05, 3.63) is 35.4 Å². The van der Waals surface area contributed by atoms with Crippen LogP contribution in [-0.4, -0.2) is 16.7 Å². The van der Waals surface area contributed by atoms with Gasteiger partial charge in [0.25, 0.3) is 0 Å². The van der Waals surface area contributed by atoms with E-state index in [1.807, 2.05) is 38.1 Å². The summed E-state index contributed by atoms with van der Waals surface area (Å²) < 4.78 is 5.52. The maximum Gasteiger partial charge on any atom is 0.310 e. The summed E-state index contributed by atoms with van der Waals surface area (Å²) in [6, 6.07) is 7.64. The van der Waals surface area contributed by atoms with Crippen LogP contribution >= 0.6 is 0 Å². The van der Waals surface area contributed by atoms with E-state index in [2.05, 4.69) is 0 Å². The Bertz CT molecular complexity index is 406. The van der Waals surface area contributed by atoms with Crippen LogP contribution in [0.5, 0.6) is 0 Å². The van der Waals surface area contributed by atoms with Gasteiger partial charge in [0.1, 0.15) is 6.10 Å². The van der Waals surface area contributed by atoms with Crippen LogP contribution in [0.1, 0.15) is 43.9 Å². The van der Waals surface area contributed by atoms with Crippen molar-refractivity contribution in [1.82, 2.24) is 0 Å². The number of epoxide rings is 1. The third-order valence-corrected chi connectivity index (χ3v) is 3.11. The second kappa shape index (κ2) is 3.59. The number of benzene rings is 1. The largest absolute Gasteiger partial charge is 0.481 e. The third-order valence-electron chi connectivity index (χ3n) is 3.11. The Morgan fingerprint density at radius 1 is 1.38 bits per heavy atom. The van der Waals surface area contributed by atoms with Crippen LogP contribution in [0.2, 0.25) is 0 Å². The highest BCUT2D eigenvalue weighted by Crippen LogP contribution is 2.48. The van der Waals surface area contributed by atoms with Gasteiger partial charge in [0.05, 0.1) is 11.5 Å². The van der Waals surface area contributed by atoms with Crippen molar-refractivity contribution in [1.29, 1.82) is 0 Å². The van der Waals surface area contributed by atoms with Crippen molar-refractivity contribution >= 4 is 5.97 Å². The molecule has 1 N–H and O–H groups in total. The molecule has 16 heavy (non-hydrogen) atoms. The van der Waals surface area contributed by atoms with Crippen LogP contribution in [0.3, 0.4) is 0 Å².